The first-order valence-corrected chi connectivity index (χ1v) is 8.82. The van der Waals surface area contributed by atoms with E-state index in [1.54, 1.807) is 11.8 Å². The number of nitrogens with zero attached hydrogens (tertiary/aromatic N) is 2. The first kappa shape index (κ1) is 15.8. The topological polar surface area (TPSA) is 59.4 Å². The summed E-state index contributed by atoms with van der Waals surface area (Å²) in [5.41, 5.74) is 3.58. The van der Waals surface area contributed by atoms with Crippen LogP contribution in [0.25, 0.3) is 0 Å². The number of anilines is 3. The summed E-state index contributed by atoms with van der Waals surface area (Å²) in [6, 6.07) is 15.7. The number of amides is 1. The van der Waals surface area contributed by atoms with Crippen molar-refractivity contribution >= 4 is 40.6 Å². The third kappa shape index (κ3) is 2.68. The van der Waals surface area contributed by atoms with Gasteiger partial charge in [-0.05, 0) is 36.4 Å². The van der Waals surface area contributed by atoms with Crippen molar-refractivity contribution in [2.24, 2.45) is 0 Å². The molecule has 5 nitrogen and oxygen atoms in total. The molecular formula is C19H18N4OS. The van der Waals surface area contributed by atoms with Crippen LogP contribution < -0.4 is 15.1 Å². The highest BCUT2D eigenvalue weighted by Gasteiger charge is 2.35. The smallest absolute Gasteiger partial charge is 0.237 e. The second-order valence-corrected chi connectivity index (χ2v) is 7.25. The zero-order valence-electron chi connectivity index (χ0n) is 14.0. The van der Waals surface area contributed by atoms with Gasteiger partial charge >= 0.3 is 0 Å². The molecule has 0 aromatic heterocycles. The van der Waals surface area contributed by atoms with Crippen molar-refractivity contribution in [3.63, 3.8) is 0 Å². The van der Waals surface area contributed by atoms with Crippen molar-refractivity contribution < 1.29 is 4.79 Å². The molecule has 0 spiro atoms. The van der Waals surface area contributed by atoms with E-state index in [9.17, 15) is 4.79 Å². The highest BCUT2D eigenvalue weighted by Crippen LogP contribution is 2.44. The van der Waals surface area contributed by atoms with Gasteiger partial charge in [-0.1, -0.05) is 23.9 Å². The number of carbonyl (C=O) groups excluding carboxylic acids is 1. The zero-order valence-corrected chi connectivity index (χ0v) is 14.9. The van der Waals surface area contributed by atoms with E-state index in [2.05, 4.69) is 5.32 Å². The van der Waals surface area contributed by atoms with Crippen LogP contribution in [0.1, 0.15) is 6.42 Å². The predicted octanol–water partition coefficient (Wildman–Crippen LogP) is 3.90. The van der Waals surface area contributed by atoms with Gasteiger partial charge in [0.25, 0.3) is 0 Å². The standard InChI is InChI=1S/C19H18N4OS/c1-22(2)12-7-9-13(10-8-12)23-17(24)11-14(18(23)20)19-21-15-5-3-4-6-16(15)25-19/h3-10,20-21H,11H2,1-2H3/b19-14+,20-18?. The zero-order chi connectivity index (χ0) is 17.6. The molecule has 4 rings (SSSR count). The van der Waals surface area contributed by atoms with Gasteiger partial charge in [-0.2, -0.15) is 0 Å². The fraction of sp³-hybridized carbons (Fsp3) is 0.158. The van der Waals surface area contributed by atoms with Gasteiger partial charge in [-0.3, -0.25) is 15.1 Å². The van der Waals surface area contributed by atoms with Gasteiger partial charge in [0, 0.05) is 30.3 Å². The van der Waals surface area contributed by atoms with Crippen molar-refractivity contribution in [1.29, 1.82) is 5.41 Å². The number of rotatable bonds is 2. The number of fused-ring (bicyclic) bond motifs is 1. The summed E-state index contributed by atoms with van der Waals surface area (Å²) in [5.74, 6) is 0.189. The Bertz CT molecular complexity index is 875. The maximum atomic E-state index is 12.5. The largest absolute Gasteiger partial charge is 0.378 e. The fourth-order valence-electron chi connectivity index (χ4n) is 2.99. The molecule has 0 atom stereocenters. The lowest BCUT2D eigenvalue weighted by atomic mass is 10.2. The van der Waals surface area contributed by atoms with Gasteiger partial charge in [0.1, 0.15) is 5.84 Å². The number of hydrogen-bond donors (Lipinski definition) is 2. The summed E-state index contributed by atoms with van der Waals surface area (Å²) in [6.07, 6.45) is 0.248. The lowest BCUT2D eigenvalue weighted by Gasteiger charge is -2.18. The summed E-state index contributed by atoms with van der Waals surface area (Å²) in [5, 5.41) is 12.7. The number of carbonyl (C=O) groups is 1. The van der Waals surface area contributed by atoms with Gasteiger partial charge in [-0.15, -0.1) is 0 Å². The molecule has 0 saturated carbocycles. The summed E-state index contributed by atoms with van der Waals surface area (Å²) < 4.78 is 0. The molecule has 1 fully saturated rings. The van der Waals surface area contributed by atoms with Crippen LogP contribution >= 0.6 is 11.8 Å². The van der Waals surface area contributed by atoms with Crippen LogP contribution in [0.5, 0.6) is 0 Å². The van der Waals surface area contributed by atoms with Crippen LogP contribution in [0, 0.1) is 5.41 Å². The minimum atomic E-state index is -0.0662. The minimum absolute atomic E-state index is 0.0662. The van der Waals surface area contributed by atoms with E-state index >= 15 is 0 Å². The lowest BCUT2D eigenvalue weighted by molar-refractivity contribution is -0.116. The van der Waals surface area contributed by atoms with E-state index < -0.39 is 0 Å². The van der Waals surface area contributed by atoms with Crippen LogP contribution in [-0.2, 0) is 4.79 Å². The van der Waals surface area contributed by atoms with Crippen LogP contribution in [0.4, 0.5) is 17.1 Å². The van der Waals surface area contributed by atoms with E-state index in [0.717, 1.165) is 32.6 Å². The highest BCUT2D eigenvalue weighted by molar-refractivity contribution is 8.03. The molecular weight excluding hydrogens is 332 g/mol. The normalized spacial score (nSPS) is 19.2. The molecule has 2 heterocycles. The van der Waals surface area contributed by atoms with E-state index in [0.29, 0.717) is 0 Å². The Morgan fingerprint density at radius 1 is 1.12 bits per heavy atom. The second kappa shape index (κ2) is 5.97. The number of hydrogen-bond acceptors (Lipinski definition) is 5. The molecule has 0 radical (unpaired) electrons. The first-order chi connectivity index (χ1) is 12.0. The van der Waals surface area contributed by atoms with E-state index in [4.69, 9.17) is 5.41 Å². The molecule has 2 aliphatic rings. The molecule has 1 amide bonds. The summed E-state index contributed by atoms with van der Waals surface area (Å²) >= 11 is 1.58. The Labute approximate surface area is 150 Å². The Morgan fingerprint density at radius 2 is 1.84 bits per heavy atom. The van der Waals surface area contributed by atoms with Crippen molar-refractivity contribution in [3.8, 4) is 0 Å². The summed E-state index contributed by atoms with van der Waals surface area (Å²) in [4.78, 5) is 17.2. The maximum Gasteiger partial charge on any atom is 0.237 e. The monoisotopic (exact) mass is 350 g/mol. The predicted molar refractivity (Wildman–Crippen MR) is 104 cm³/mol. The van der Waals surface area contributed by atoms with Gasteiger partial charge in [0.15, 0.2) is 0 Å². The average molecular weight is 350 g/mol. The van der Waals surface area contributed by atoms with Crippen molar-refractivity contribution in [2.45, 2.75) is 11.3 Å². The number of thioether (sulfide) groups is 1. The Morgan fingerprint density at radius 3 is 2.52 bits per heavy atom. The van der Waals surface area contributed by atoms with Crippen molar-refractivity contribution in [2.75, 3.05) is 29.2 Å². The third-order valence-electron chi connectivity index (χ3n) is 4.33. The molecule has 126 valence electrons. The highest BCUT2D eigenvalue weighted by atomic mass is 32.2. The Hall–Kier alpha value is -2.73. The van der Waals surface area contributed by atoms with Crippen molar-refractivity contribution in [1.82, 2.24) is 0 Å². The van der Waals surface area contributed by atoms with Crippen LogP contribution in [0.15, 0.2) is 64.0 Å². The third-order valence-corrected chi connectivity index (χ3v) is 5.46. The van der Waals surface area contributed by atoms with E-state index in [1.165, 1.54) is 4.90 Å². The first-order valence-electron chi connectivity index (χ1n) is 8.01. The van der Waals surface area contributed by atoms with Crippen LogP contribution in [0.2, 0.25) is 0 Å². The second-order valence-electron chi connectivity index (χ2n) is 6.20. The van der Waals surface area contributed by atoms with Crippen LogP contribution in [-0.4, -0.2) is 25.8 Å². The van der Waals surface area contributed by atoms with E-state index in [-0.39, 0.29) is 18.2 Å². The molecule has 2 N–H and O–H groups in total. The van der Waals surface area contributed by atoms with Gasteiger partial charge in [-0.25, -0.2) is 0 Å². The van der Waals surface area contributed by atoms with Crippen molar-refractivity contribution in [3.05, 3.63) is 59.1 Å². The Balaban J connectivity index is 1.64. The maximum absolute atomic E-state index is 12.5. The minimum Gasteiger partial charge on any atom is -0.378 e. The number of benzene rings is 2. The molecule has 2 aromatic carbocycles. The Kier molecular flexibility index (Phi) is 3.77. The van der Waals surface area contributed by atoms with Crippen LogP contribution in [0.3, 0.4) is 0 Å². The molecule has 0 unspecified atom stereocenters. The molecule has 0 aliphatic carbocycles. The quantitative estimate of drug-likeness (QED) is 0.862. The van der Waals surface area contributed by atoms with E-state index in [1.807, 2.05) is 67.5 Å². The summed E-state index contributed by atoms with van der Waals surface area (Å²) in [6.45, 7) is 0. The molecule has 2 aromatic rings. The average Bonchev–Trinajstić information content (AvgIpc) is 3.15. The fourth-order valence-corrected chi connectivity index (χ4v) is 4.04. The number of amidine groups is 1. The molecule has 25 heavy (non-hydrogen) atoms. The lowest BCUT2D eigenvalue weighted by Crippen LogP contribution is -2.28. The van der Waals surface area contributed by atoms with Gasteiger partial charge in [0.2, 0.25) is 5.91 Å². The molecule has 6 heteroatoms. The SMILES string of the molecule is CN(C)c1ccc(N2C(=N)/C(=C3\Nc4ccccc4S3)CC2=O)cc1. The van der Waals surface area contributed by atoms with Gasteiger partial charge in [0.05, 0.1) is 22.8 Å². The molecule has 0 bridgehead atoms. The summed E-state index contributed by atoms with van der Waals surface area (Å²) in [7, 11) is 3.95. The number of para-hydroxylation sites is 1. The number of nitrogens with one attached hydrogen (secondary N) is 2. The molecule has 2 aliphatic heterocycles. The molecule has 1 saturated heterocycles. The van der Waals surface area contributed by atoms with Gasteiger partial charge < -0.3 is 10.2 Å².